The predicted octanol–water partition coefficient (Wildman–Crippen LogP) is 2.22. The summed E-state index contributed by atoms with van der Waals surface area (Å²) in [6, 6.07) is 5.03. The van der Waals surface area contributed by atoms with Gasteiger partial charge in [0, 0.05) is 13.2 Å². The van der Waals surface area contributed by atoms with Crippen molar-refractivity contribution in [2.24, 2.45) is 5.73 Å². The van der Waals surface area contributed by atoms with Gasteiger partial charge >= 0.3 is 6.18 Å². The summed E-state index contributed by atoms with van der Waals surface area (Å²) in [6.45, 7) is 0.242. The Labute approximate surface area is 92.2 Å². The Morgan fingerprint density at radius 3 is 2.50 bits per heavy atom. The van der Waals surface area contributed by atoms with Crippen molar-refractivity contribution in [3.05, 3.63) is 35.4 Å². The second-order valence-electron chi connectivity index (χ2n) is 3.57. The van der Waals surface area contributed by atoms with Crippen molar-refractivity contribution in [2.75, 3.05) is 13.7 Å². The van der Waals surface area contributed by atoms with Gasteiger partial charge in [0.1, 0.15) is 0 Å². The van der Waals surface area contributed by atoms with Crippen LogP contribution in [0.1, 0.15) is 11.1 Å². The fourth-order valence-corrected chi connectivity index (χ4v) is 1.53. The van der Waals surface area contributed by atoms with Crippen molar-refractivity contribution in [3.63, 3.8) is 0 Å². The lowest BCUT2D eigenvalue weighted by Gasteiger charge is -2.15. The molecular weight excluding hydrogens is 219 g/mol. The molecule has 1 atom stereocenters. The highest BCUT2D eigenvalue weighted by Gasteiger charge is 2.32. The molecule has 1 unspecified atom stereocenters. The van der Waals surface area contributed by atoms with Crippen molar-refractivity contribution >= 4 is 0 Å². The standard InChI is InChI=1S/C11H14F3NO/c1-16-7-9(15)6-8-4-2-3-5-10(8)11(12,13)14/h2-5,9H,6-7,15H2,1H3. The van der Waals surface area contributed by atoms with Crippen LogP contribution in [0.15, 0.2) is 24.3 Å². The Hall–Kier alpha value is -1.07. The molecule has 0 aliphatic rings. The number of benzene rings is 1. The Kier molecular flexibility index (Phi) is 4.32. The third kappa shape index (κ3) is 3.50. The lowest BCUT2D eigenvalue weighted by molar-refractivity contribution is -0.138. The van der Waals surface area contributed by atoms with Crippen LogP contribution in [0.4, 0.5) is 13.2 Å². The maximum atomic E-state index is 12.6. The van der Waals surface area contributed by atoms with E-state index in [9.17, 15) is 13.2 Å². The number of nitrogens with two attached hydrogens (primary N) is 1. The molecule has 2 N–H and O–H groups in total. The number of alkyl halides is 3. The van der Waals surface area contributed by atoms with E-state index in [2.05, 4.69) is 0 Å². The Balaban J connectivity index is 2.87. The van der Waals surface area contributed by atoms with Crippen LogP contribution in [0.25, 0.3) is 0 Å². The minimum Gasteiger partial charge on any atom is -0.383 e. The molecule has 5 heteroatoms. The highest BCUT2D eigenvalue weighted by atomic mass is 19.4. The van der Waals surface area contributed by atoms with E-state index in [0.29, 0.717) is 0 Å². The number of rotatable bonds is 4. The smallest absolute Gasteiger partial charge is 0.383 e. The van der Waals surface area contributed by atoms with E-state index in [0.717, 1.165) is 6.07 Å². The first kappa shape index (κ1) is 13.0. The van der Waals surface area contributed by atoms with Gasteiger partial charge in [0.05, 0.1) is 12.2 Å². The summed E-state index contributed by atoms with van der Waals surface area (Å²) < 4.78 is 42.6. The molecule has 0 heterocycles. The summed E-state index contributed by atoms with van der Waals surface area (Å²) in [6.07, 6.45) is -4.17. The van der Waals surface area contributed by atoms with Crippen LogP contribution in [0.5, 0.6) is 0 Å². The summed E-state index contributed by atoms with van der Waals surface area (Å²) in [7, 11) is 1.47. The van der Waals surface area contributed by atoms with E-state index in [-0.39, 0.29) is 18.6 Å². The Bertz CT molecular complexity index is 338. The van der Waals surface area contributed by atoms with Gasteiger partial charge in [-0.2, -0.15) is 13.2 Å². The van der Waals surface area contributed by atoms with E-state index in [1.54, 1.807) is 6.07 Å². The highest BCUT2D eigenvalue weighted by Crippen LogP contribution is 2.32. The molecule has 16 heavy (non-hydrogen) atoms. The zero-order chi connectivity index (χ0) is 12.2. The van der Waals surface area contributed by atoms with Crippen LogP contribution in [0, 0.1) is 0 Å². The lowest BCUT2D eigenvalue weighted by atomic mass is 10.0. The molecule has 0 radical (unpaired) electrons. The third-order valence-corrected chi connectivity index (χ3v) is 2.19. The second-order valence-corrected chi connectivity index (χ2v) is 3.57. The maximum absolute atomic E-state index is 12.6. The van der Waals surface area contributed by atoms with Crippen LogP contribution in [-0.2, 0) is 17.3 Å². The normalized spacial score (nSPS) is 13.8. The summed E-state index contributed by atoms with van der Waals surface area (Å²) in [5.74, 6) is 0. The molecule has 1 aromatic rings. The van der Waals surface area contributed by atoms with Crippen molar-refractivity contribution in [3.8, 4) is 0 Å². The van der Waals surface area contributed by atoms with Crippen molar-refractivity contribution < 1.29 is 17.9 Å². The first-order valence-electron chi connectivity index (χ1n) is 4.84. The minimum absolute atomic E-state index is 0.156. The summed E-state index contributed by atoms with van der Waals surface area (Å²) in [5, 5.41) is 0. The molecule has 0 aliphatic carbocycles. The van der Waals surface area contributed by atoms with Crippen LogP contribution in [-0.4, -0.2) is 19.8 Å². The molecule has 0 amide bonds. The number of hydrogen-bond donors (Lipinski definition) is 1. The van der Waals surface area contributed by atoms with E-state index >= 15 is 0 Å². The average Bonchev–Trinajstić information content (AvgIpc) is 2.17. The number of halogens is 3. The van der Waals surface area contributed by atoms with E-state index in [1.165, 1.54) is 19.2 Å². The van der Waals surface area contributed by atoms with Crippen LogP contribution < -0.4 is 5.73 Å². The largest absolute Gasteiger partial charge is 0.416 e. The zero-order valence-electron chi connectivity index (χ0n) is 8.92. The first-order valence-corrected chi connectivity index (χ1v) is 4.84. The fraction of sp³-hybridized carbons (Fsp3) is 0.455. The SMILES string of the molecule is COCC(N)Cc1ccccc1C(F)(F)F. The maximum Gasteiger partial charge on any atom is 0.416 e. The van der Waals surface area contributed by atoms with Gasteiger partial charge in [-0.15, -0.1) is 0 Å². The summed E-state index contributed by atoms with van der Waals surface area (Å²) in [5.41, 5.74) is 5.22. The molecule has 0 spiro atoms. The number of ether oxygens (including phenoxy) is 1. The van der Waals surface area contributed by atoms with Gasteiger partial charge in [0.15, 0.2) is 0 Å². The van der Waals surface area contributed by atoms with E-state index in [1.807, 2.05) is 0 Å². The van der Waals surface area contributed by atoms with Crippen molar-refractivity contribution in [2.45, 2.75) is 18.6 Å². The molecule has 0 aliphatic heterocycles. The molecule has 0 saturated heterocycles. The molecule has 1 aromatic carbocycles. The minimum atomic E-state index is -4.33. The molecule has 0 aromatic heterocycles. The molecule has 2 nitrogen and oxygen atoms in total. The Morgan fingerprint density at radius 1 is 1.31 bits per heavy atom. The van der Waals surface area contributed by atoms with Crippen molar-refractivity contribution in [1.82, 2.24) is 0 Å². The zero-order valence-corrected chi connectivity index (χ0v) is 8.92. The lowest BCUT2D eigenvalue weighted by Crippen LogP contribution is -2.29. The predicted molar refractivity (Wildman–Crippen MR) is 55.0 cm³/mol. The number of methoxy groups -OCH3 is 1. The second kappa shape index (κ2) is 5.32. The van der Waals surface area contributed by atoms with Crippen LogP contribution in [0.3, 0.4) is 0 Å². The van der Waals surface area contributed by atoms with Gasteiger partial charge in [-0.1, -0.05) is 18.2 Å². The van der Waals surface area contributed by atoms with Gasteiger partial charge in [-0.05, 0) is 18.1 Å². The molecule has 0 saturated carbocycles. The Morgan fingerprint density at radius 2 is 1.94 bits per heavy atom. The van der Waals surface area contributed by atoms with Gasteiger partial charge in [0.25, 0.3) is 0 Å². The van der Waals surface area contributed by atoms with Gasteiger partial charge in [0.2, 0.25) is 0 Å². The fourth-order valence-electron chi connectivity index (χ4n) is 1.53. The average molecular weight is 233 g/mol. The first-order chi connectivity index (χ1) is 7.45. The molecule has 0 fully saturated rings. The summed E-state index contributed by atoms with van der Waals surface area (Å²) >= 11 is 0. The van der Waals surface area contributed by atoms with Crippen molar-refractivity contribution in [1.29, 1.82) is 0 Å². The topological polar surface area (TPSA) is 35.2 Å². The van der Waals surface area contributed by atoms with Crippen LogP contribution >= 0.6 is 0 Å². The molecular formula is C11H14F3NO. The summed E-state index contributed by atoms with van der Waals surface area (Å²) in [4.78, 5) is 0. The van der Waals surface area contributed by atoms with E-state index in [4.69, 9.17) is 10.5 Å². The van der Waals surface area contributed by atoms with Gasteiger partial charge < -0.3 is 10.5 Å². The monoisotopic (exact) mass is 233 g/mol. The third-order valence-electron chi connectivity index (χ3n) is 2.19. The van der Waals surface area contributed by atoms with Crippen LogP contribution in [0.2, 0.25) is 0 Å². The van der Waals surface area contributed by atoms with Gasteiger partial charge in [-0.25, -0.2) is 0 Å². The number of hydrogen-bond acceptors (Lipinski definition) is 2. The quantitative estimate of drug-likeness (QED) is 0.865. The van der Waals surface area contributed by atoms with Gasteiger partial charge in [-0.3, -0.25) is 0 Å². The highest BCUT2D eigenvalue weighted by molar-refractivity contribution is 5.30. The molecule has 0 bridgehead atoms. The van der Waals surface area contributed by atoms with E-state index < -0.39 is 17.8 Å². The molecule has 90 valence electrons. The molecule has 1 rings (SSSR count).